The van der Waals surface area contributed by atoms with Crippen molar-refractivity contribution >= 4 is 0 Å². The molecule has 6 aliphatic carbocycles. The lowest BCUT2D eigenvalue weighted by Crippen LogP contribution is -2.75. The Kier molecular flexibility index (Phi) is 2.99. The van der Waals surface area contributed by atoms with Gasteiger partial charge in [0.2, 0.25) is 0 Å². The maximum absolute atomic E-state index is 14.3. The summed E-state index contributed by atoms with van der Waals surface area (Å²) in [5.74, 6) is 0.130. The fourth-order valence-electron chi connectivity index (χ4n) is 10.3. The van der Waals surface area contributed by atoms with E-state index in [0.29, 0.717) is 19.0 Å². The van der Waals surface area contributed by atoms with E-state index in [0.717, 1.165) is 37.7 Å². The molecule has 7 aliphatic rings. The Morgan fingerprint density at radius 3 is 2.67 bits per heavy atom. The number of likely N-dealkylation sites (tertiary alicyclic amines) is 1. The van der Waals surface area contributed by atoms with Crippen LogP contribution < -0.4 is 0 Å². The molecule has 5 heteroatoms. The predicted molar refractivity (Wildman–Crippen MR) is 100 cm³/mol. The number of quaternary nitrogens is 1. The second kappa shape index (κ2) is 4.65. The third kappa shape index (κ3) is 1.46. The van der Waals surface area contributed by atoms with Gasteiger partial charge >= 0.3 is 0 Å². The van der Waals surface area contributed by atoms with E-state index in [9.17, 15) is 20.5 Å². The lowest BCUT2D eigenvalue weighted by atomic mass is 9.38. The fraction of sp³-hybridized carbons (Fsp3) is 0.909. The molecule has 2 unspecified atom stereocenters. The summed E-state index contributed by atoms with van der Waals surface area (Å²) in [6.45, 7) is 9.55. The van der Waals surface area contributed by atoms with Gasteiger partial charge in [0.05, 0.1) is 36.8 Å². The average molecular weight is 376 g/mol. The summed E-state index contributed by atoms with van der Waals surface area (Å²) < 4.78 is -0.246. The molecule has 5 nitrogen and oxygen atoms in total. The van der Waals surface area contributed by atoms with Crippen molar-refractivity contribution < 1.29 is 20.0 Å². The van der Waals surface area contributed by atoms with Crippen LogP contribution in [0.1, 0.15) is 46.0 Å². The summed E-state index contributed by atoms with van der Waals surface area (Å²) in [6, 6.07) is -0.185. The summed E-state index contributed by atoms with van der Waals surface area (Å²) in [5, 5.41) is 48.6. The van der Waals surface area contributed by atoms with E-state index in [1.165, 1.54) is 0 Å². The van der Waals surface area contributed by atoms with Crippen LogP contribution in [0.2, 0.25) is 0 Å². The molecule has 27 heavy (non-hydrogen) atoms. The zero-order chi connectivity index (χ0) is 19.1. The molecule has 0 radical (unpaired) electrons. The fourth-order valence-corrected chi connectivity index (χ4v) is 10.3. The first-order valence-corrected chi connectivity index (χ1v) is 11.0. The van der Waals surface area contributed by atoms with Crippen LogP contribution in [0.15, 0.2) is 12.2 Å². The molecule has 3 N–H and O–H groups in total. The molecule has 6 saturated carbocycles. The van der Waals surface area contributed by atoms with Crippen molar-refractivity contribution in [1.82, 2.24) is 0 Å². The van der Waals surface area contributed by atoms with E-state index >= 15 is 0 Å². The van der Waals surface area contributed by atoms with Gasteiger partial charge in [-0.3, -0.25) is 0 Å². The highest BCUT2D eigenvalue weighted by atomic mass is 16.5. The first-order valence-electron chi connectivity index (χ1n) is 11.0. The number of hydrogen-bond acceptors (Lipinski definition) is 4. The number of piperidine rings is 1. The highest BCUT2D eigenvalue weighted by molar-refractivity contribution is 5.38. The standard InChI is InChI=1S/C22H33NO4/c1-4-23(27)10-20(3)7-6-15(24)22-14(20)9-13(18(22)23)21-8-5-12(11(2)19(21)26)16(25)17(21)22/h12-19,24-26H,2,4-10H2,1,3H3/t12-,13+,14-,15+,16+,17-,18?,19-,20+,21+,22-,23?/m1/s1. The minimum atomic E-state index is -0.638. The largest absolute Gasteiger partial charge is 0.633 e. The molecule has 7 fully saturated rings. The Morgan fingerprint density at radius 1 is 1.22 bits per heavy atom. The third-order valence-electron chi connectivity index (χ3n) is 10.9. The normalized spacial score (nSPS) is 68.3. The van der Waals surface area contributed by atoms with Crippen LogP contribution in [0.3, 0.4) is 0 Å². The quantitative estimate of drug-likeness (QED) is 0.371. The highest BCUT2D eigenvalue weighted by Crippen LogP contribution is 2.84. The van der Waals surface area contributed by atoms with Crippen LogP contribution >= 0.6 is 0 Å². The van der Waals surface area contributed by atoms with Crippen molar-refractivity contribution in [3.8, 4) is 0 Å². The van der Waals surface area contributed by atoms with Crippen LogP contribution in [0.4, 0.5) is 0 Å². The van der Waals surface area contributed by atoms with Crippen molar-refractivity contribution in [2.24, 2.45) is 39.9 Å². The number of nitrogens with zero attached hydrogens (tertiary/aromatic N) is 1. The van der Waals surface area contributed by atoms with Crippen LogP contribution in [0, 0.1) is 45.1 Å². The molecule has 7 bridgehead atoms. The maximum atomic E-state index is 14.3. The number of hydroxylamine groups is 3. The van der Waals surface area contributed by atoms with Gasteiger partial charge in [0.1, 0.15) is 6.04 Å². The smallest absolute Gasteiger partial charge is 0.101 e. The van der Waals surface area contributed by atoms with Gasteiger partial charge in [-0.25, -0.2) is 0 Å². The third-order valence-corrected chi connectivity index (χ3v) is 10.9. The lowest BCUT2D eigenvalue weighted by molar-refractivity contribution is -0.927. The molecule has 0 aromatic heterocycles. The Hall–Kier alpha value is -0.460. The average Bonchev–Trinajstić information content (AvgIpc) is 3.10. The first kappa shape index (κ1) is 17.4. The van der Waals surface area contributed by atoms with Gasteiger partial charge in [0.15, 0.2) is 0 Å². The molecule has 0 amide bonds. The Morgan fingerprint density at radius 2 is 1.96 bits per heavy atom. The number of rotatable bonds is 1. The Bertz CT molecular complexity index is 742. The van der Waals surface area contributed by atoms with Gasteiger partial charge in [0.25, 0.3) is 0 Å². The van der Waals surface area contributed by atoms with E-state index in [2.05, 4.69) is 13.5 Å². The number of aliphatic hydroxyl groups is 3. The molecule has 0 aromatic rings. The molecular formula is C22H33NO4. The van der Waals surface area contributed by atoms with Crippen LogP contribution in [-0.4, -0.2) is 57.4 Å². The van der Waals surface area contributed by atoms with E-state index in [-0.39, 0.29) is 33.9 Å². The molecule has 0 aromatic carbocycles. The van der Waals surface area contributed by atoms with Gasteiger partial charge in [-0.15, -0.1) is 0 Å². The number of hydrogen-bond donors (Lipinski definition) is 3. The summed E-state index contributed by atoms with van der Waals surface area (Å²) in [6.07, 6.45) is 2.52. The zero-order valence-corrected chi connectivity index (χ0v) is 16.5. The van der Waals surface area contributed by atoms with E-state index in [1.54, 1.807) is 0 Å². The second-order valence-corrected chi connectivity index (χ2v) is 11.2. The van der Waals surface area contributed by atoms with Crippen molar-refractivity contribution in [1.29, 1.82) is 0 Å². The van der Waals surface area contributed by atoms with E-state index in [1.807, 2.05) is 6.92 Å². The van der Waals surface area contributed by atoms with E-state index < -0.39 is 29.1 Å². The SMILES string of the molecule is C=C1[C@H]2CC[C@@]3([C@@H]1O)[C@@H]([C@H]2O)[C@@]12C4[C@@H]3C[C@@H]1[C@@](C)(CC[C@@H]2O)C[N+]4([O-])CC. The Labute approximate surface area is 161 Å². The Balaban J connectivity index is 1.65. The highest BCUT2D eigenvalue weighted by Gasteiger charge is 2.88. The van der Waals surface area contributed by atoms with Gasteiger partial charge in [-0.1, -0.05) is 13.5 Å². The number of fused-ring (bicyclic) bond motifs is 2. The molecule has 12 atom stereocenters. The van der Waals surface area contributed by atoms with Gasteiger partial charge in [0, 0.05) is 28.6 Å². The topological polar surface area (TPSA) is 83.8 Å². The molecular weight excluding hydrogens is 342 g/mol. The summed E-state index contributed by atoms with van der Waals surface area (Å²) in [5.41, 5.74) is -0.286. The van der Waals surface area contributed by atoms with Gasteiger partial charge < -0.3 is 25.2 Å². The summed E-state index contributed by atoms with van der Waals surface area (Å²) in [7, 11) is 0. The van der Waals surface area contributed by atoms with Crippen molar-refractivity contribution in [3.63, 3.8) is 0 Å². The van der Waals surface area contributed by atoms with Crippen LogP contribution in [-0.2, 0) is 0 Å². The van der Waals surface area contributed by atoms with Crippen LogP contribution in [0.5, 0.6) is 0 Å². The second-order valence-electron chi connectivity index (χ2n) is 11.2. The summed E-state index contributed by atoms with van der Waals surface area (Å²) in [4.78, 5) is 0. The van der Waals surface area contributed by atoms with Gasteiger partial charge in [-0.05, 0) is 50.5 Å². The lowest BCUT2D eigenvalue weighted by Gasteiger charge is -2.70. The molecule has 2 spiro atoms. The van der Waals surface area contributed by atoms with Crippen LogP contribution in [0.25, 0.3) is 0 Å². The minimum absolute atomic E-state index is 0.0672. The predicted octanol–water partition coefficient (Wildman–Crippen LogP) is 1.80. The van der Waals surface area contributed by atoms with Gasteiger partial charge in [-0.2, -0.15) is 0 Å². The molecule has 1 heterocycles. The summed E-state index contributed by atoms with van der Waals surface area (Å²) >= 11 is 0. The van der Waals surface area contributed by atoms with Crippen molar-refractivity contribution in [3.05, 3.63) is 17.4 Å². The first-order chi connectivity index (χ1) is 12.7. The zero-order valence-electron chi connectivity index (χ0n) is 16.5. The molecule has 1 saturated heterocycles. The number of aliphatic hydroxyl groups excluding tert-OH is 3. The maximum Gasteiger partial charge on any atom is 0.101 e. The minimum Gasteiger partial charge on any atom is -0.633 e. The van der Waals surface area contributed by atoms with Crippen molar-refractivity contribution in [2.75, 3.05) is 13.1 Å². The monoisotopic (exact) mass is 375 g/mol. The van der Waals surface area contributed by atoms with E-state index in [4.69, 9.17) is 0 Å². The molecule has 1 aliphatic heterocycles. The molecule has 150 valence electrons. The molecule has 7 rings (SSSR count). The van der Waals surface area contributed by atoms with Crippen molar-refractivity contribution in [2.45, 2.75) is 70.3 Å².